The number of unbranched alkanes of at least 4 members (excludes halogenated alkanes) is 8. The predicted molar refractivity (Wildman–Crippen MR) is 89.0 cm³/mol. The third-order valence-electron chi connectivity index (χ3n) is 3.73. The molecule has 4 nitrogen and oxygen atoms in total. The summed E-state index contributed by atoms with van der Waals surface area (Å²) >= 11 is 0. The van der Waals surface area contributed by atoms with Crippen molar-refractivity contribution in [2.45, 2.75) is 78.1 Å². The van der Waals surface area contributed by atoms with Gasteiger partial charge in [-0.2, -0.15) is 0 Å². The minimum atomic E-state index is -0.660. The van der Waals surface area contributed by atoms with Crippen LogP contribution in [0.15, 0.2) is 23.2 Å². The first-order valence-electron chi connectivity index (χ1n) is 8.35. The Morgan fingerprint density at radius 1 is 0.909 bits per heavy atom. The van der Waals surface area contributed by atoms with Gasteiger partial charge in [-0.25, -0.2) is 0 Å². The number of Topliss-reactive ketones (excluding diaryl/α,β-unsaturated/α-hetero) is 1. The van der Waals surface area contributed by atoms with Crippen molar-refractivity contribution in [1.29, 1.82) is 0 Å². The van der Waals surface area contributed by atoms with E-state index in [1.807, 2.05) is 0 Å². The van der Waals surface area contributed by atoms with Gasteiger partial charge in [-0.1, -0.05) is 58.3 Å². The first kappa shape index (κ1) is 20.4. The zero-order chi connectivity index (χ0) is 16.8. The van der Waals surface area contributed by atoms with Crippen LogP contribution in [0.4, 0.5) is 0 Å². The molecule has 0 unspecified atom stereocenters. The highest BCUT2D eigenvalue weighted by molar-refractivity contribution is 6.08. The van der Waals surface area contributed by atoms with E-state index in [1.165, 1.54) is 51.5 Å². The standard InChI is InChI=1S/C18H30O4/c1-3-5-6-7-8-9-10-11-12-13-15(17(21)14-19)18(22)16(20)4-2/h4,14,20-21H,3,5-13H2,1-2H3/b16-4+,17-15+. The van der Waals surface area contributed by atoms with Gasteiger partial charge in [0.15, 0.2) is 17.8 Å². The van der Waals surface area contributed by atoms with Crippen LogP contribution in [0.3, 0.4) is 0 Å². The molecule has 0 saturated carbocycles. The lowest BCUT2D eigenvalue weighted by Gasteiger charge is -2.07. The third-order valence-corrected chi connectivity index (χ3v) is 3.73. The summed E-state index contributed by atoms with van der Waals surface area (Å²) in [6.45, 7) is 3.73. The Bertz CT molecular complexity index is 394. The summed E-state index contributed by atoms with van der Waals surface area (Å²) in [6, 6.07) is 0. The number of hydrogen-bond acceptors (Lipinski definition) is 4. The van der Waals surface area contributed by atoms with Crippen LogP contribution in [0.1, 0.15) is 78.1 Å². The van der Waals surface area contributed by atoms with Gasteiger partial charge in [0.2, 0.25) is 5.78 Å². The molecule has 0 aliphatic heterocycles. The zero-order valence-electron chi connectivity index (χ0n) is 13.9. The summed E-state index contributed by atoms with van der Waals surface area (Å²) < 4.78 is 0. The van der Waals surface area contributed by atoms with Gasteiger partial charge in [-0.15, -0.1) is 0 Å². The molecule has 0 amide bonds. The predicted octanol–water partition coefficient (Wildman–Crippen LogP) is 4.95. The van der Waals surface area contributed by atoms with Gasteiger partial charge in [0.1, 0.15) is 0 Å². The number of ketones is 1. The van der Waals surface area contributed by atoms with Gasteiger partial charge < -0.3 is 10.2 Å². The molecule has 0 rings (SSSR count). The summed E-state index contributed by atoms with van der Waals surface area (Å²) in [5.41, 5.74) is 0.00791. The van der Waals surface area contributed by atoms with Gasteiger partial charge in [0.25, 0.3) is 0 Å². The number of rotatable bonds is 13. The van der Waals surface area contributed by atoms with Gasteiger partial charge in [0.05, 0.1) is 0 Å². The van der Waals surface area contributed by atoms with E-state index in [2.05, 4.69) is 6.92 Å². The van der Waals surface area contributed by atoms with E-state index >= 15 is 0 Å². The van der Waals surface area contributed by atoms with E-state index in [4.69, 9.17) is 0 Å². The van der Waals surface area contributed by atoms with E-state index < -0.39 is 17.3 Å². The molecule has 0 aliphatic carbocycles. The van der Waals surface area contributed by atoms with Crippen molar-refractivity contribution in [2.75, 3.05) is 0 Å². The molecule has 0 fully saturated rings. The Morgan fingerprint density at radius 2 is 1.41 bits per heavy atom. The van der Waals surface area contributed by atoms with Crippen LogP contribution < -0.4 is 0 Å². The quantitative estimate of drug-likeness (QED) is 0.218. The summed E-state index contributed by atoms with van der Waals surface area (Å²) in [5.74, 6) is -1.66. The van der Waals surface area contributed by atoms with E-state index in [9.17, 15) is 19.8 Å². The Kier molecular flexibility index (Phi) is 12.2. The first-order chi connectivity index (χ1) is 10.6. The lowest BCUT2D eigenvalue weighted by Crippen LogP contribution is -2.10. The Labute approximate surface area is 133 Å². The number of carbonyl (C=O) groups excluding carboxylic acids is 2. The Balaban J connectivity index is 4.08. The number of aliphatic hydroxyl groups excluding tert-OH is 2. The molecule has 0 aromatic heterocycles. The van der Waals surface area contributed by atoms with Crippen LogP contribution in [-0.2, 0) is 9.59 Å². The molecule has 0 aliphatic rings. The van der Waals surface area contributed by atoms with Crippen molar-refractivity contribution in [3.8, 4) is 0 Å². The number of hydrogen-bond donors (Lipinski definition) is 2. The third kappa shape index (κ3) is 8.65. The summed E-state index contributed by atoms with van der Waals surface area (Å²) in [4.78, 5) is 22.5. The largest absolute Gasteiger partial charge is 0.504 e. The molecule has 4 heteroatoms. The molecular formula is C18H30O4. The van der Waals surface area contributed by atoms with Gasteiger partial charge in [0, 0.05) is 5.57 Å². The van der Waals surface area contributed by atoms with Crippen molar-refractivity contribution >= 4 is 12.1 Å². The fourth-order valence-electron chi connectivity index (χ4n) is 2.33. The van der Waals surface area contributed by atoms with Crippen molar-refractivity contribution in [3.05, 3.63) is 23.2 Å². The monoisotopic (exact) mass is 310 g/mol. The van der Waals surface area contributed by atoms with E-state index in [1.54, 1.807) is 0 Å². The smallest absolute Gasteiger partial charge is 0.226 e. The van der Waals surface area contributed by atoms with E-state index in [0.717, 1.165) is 19.3 Å². The van der Waals surface area contributed by atoms with Crippen molar-refractivity contribution < 1.29 is 19.8 Å². The zero-order valence-corrected chi connectivity index (χ0v) is 13.9. The lowest BCUT2D eigenvalue weighted by atomic mass is 9.99. The van der Waals surface area contributed by atoms with Crippen LogP contribution in [0, 0.1) is 0 Å². The molecule has 0 spiro atoms. The van der Waals surface area contributed by atoms with Crippen LogP contribution in [0.2, 0.25) is 0 Å². The number of aliphatic hydroxyl groups is 2. The summed E-state index contributed by atoms with van der Waals surface area (Å²) in [6.07, 6.45) is 12.1. The highest BCUT2D eigenvalue weighted by Crippen LogP contribution is 2.17. The normalized spacial score (nSPS) is 12.9. The van der Waals surface area contributed by atoms with Crippen LogP contribution in [0.5, 0.6) is 0 Å². The first-order valence-corrected chi connectivity index (χ1v) is 8.35. The molecule has 0 aromatic rings. The van der Waals surface area contributed by atoms with E-state index in [0.29, 0.717) is 6.42 Å². The Morgan fingerprint density at radius 3 is 1.86 bits per heavy atom. The number of allylic oxidation sites excluding steroid dienone is 3. The molecular weight excluding hydrogens is 280 g/mol. The summed E-state index contributed by atoms with van der Waals surface area (Å²) in [5, 5.41) is 18.9. The second-order valence-electron chi connectivity index (χ2n) is 5.56. The molecule has 126 valence electrons. The van der Waals surface area contributed by atoms with Crippen molar-refractivity contribution in [1.82, 2.24) is 0 Å². The fraction of sp³-hybridized carbons (Fsp3) is 0.667. The molecule has 0 aromatic carbocycles. The minimum absolute atomic E-state index is 0.00791. The van der Waals surface area contributed by atoms with Crippen LogP contribution in [-0.4, -0.2) is 22.3 Å². The average molecular weight is 310 g/mol. The second-order valence-corrected chi connectivity index (χ2v) is 5.56. The fourth-order valence-corrected chi connectivity index (χ4v) is 2.33. The Hall–Kier alpha value is -1.58. The highest BCUT2D eigenvalue weighted by atomic mass is 16.3. The molecule has 0 atom stereocenters. The second kappa shape index (κ2) is 13.1. The highest BCUT2D eigenvalue weighted by Gasteiger charge is 2.17. The average Bonchev–Trinajstić information content (AvgIpc) is 2.54. The van der Waals surface area contributed by atoms with Crippen molar-refractivity contribution in [2.24, 2.45) is 0 Å². The number of aldehydes is 1. The molecule has 2 N–H and O–H groups in total. The maximum Gasteiger partial charge on any atom is 0.226 e. The van der Waals surface area contributed by atoms with Crippen LogP contribution in [0.25, 0.3) is 0 Å². The van der Waals surface area contributed by atoms with Gasteiger partial charge >= 0.3 is 0 Å². The SMILES string of the molecule is C/C=C(/O)C(=O)/C(CCCCCCCCCCC)=C(/O)C=O. The molecule has 0 saturated heterocycles. The molecule has 0 radical (unpaired) electrons. The lowest BCUT2D eigenvalue weighted by molar-refractivity contribution is -0.115. The topological polar surface area (TPSA) is 74.6 Å². The van der Waals surface area contributed by atoms with Crippen molar-refractivity contribution in [3.63, 3.8) is 0 Å². The summed E-state index contributed by atoms with van der Waals surface area (Å²) in [7, 11) is 0. The van der Waals surface area contributed by atoms with Crippen LogP contribution >= 0.6 is 0 Å². The minimum Gasteiger partial charge on any atom is -0.504 e. The maximum absolute atomic E-state index is 11.8. The van der Waals surface area contributed by atoms with Gasteiger partial charge in [-0.3, -0.25) is 9.59 Å². The molecule has 0 bridgehead atoms. The van der Waals surface area contributed by atoms with E-state index in [-0.39, 0.29) is 11.9 Å². The molecule has 22 heavy (non-hydrogen) atoms. The van der Waals surface area contributed by atoms with Gasteiger partial charge in [-0.05, 0) is 25.8 Å². The maximum atomic E-state index is 11.8. The number of carbonyl (C=O) groups is 2. The molecule has 0 heterocycles.